The number of hydrogen-bond acceptors (Lipinski definition) is 4. The maximum absolute atomic E-state index is 11.7. The Bertz CT molecular complexity index is 1280. The number of fused-ring (bicyclic) bond motifs is 3. The van der Waals surface area contributed by atoms with Gasteiger partial charge in [-0.15, -0.1) is 0 Å². The zero-order valence-electron chi connectivity index (χ0n) is 16.2. The molecule has 1 amide bonds. The molecule has 146 valence electrons. The Morgan fingerprint density at radius 3 is 2.79 bits per heavy atom. The van der Waals surface area contributed by atoms with Crippen LogP contribution in [-0.2, 0) is 4.74 Å². The lowest BCUT2D eigenvalue weighted by Crippen LogP contribution is -2.11. The van der Waals surface area contributed by atoms with Crippen LogP contribution in [0.25, 0.3) is 27.7 Å². The molecule has 0 unspecified atom stereocenters. The van der Waals surface area contributed by atoms with Crippen LogP contribution in [0.2, 0.25) is 5.02 Å². The first-order valence-corrected chi connectivity index (χ1v) is 9.45. The quantitative estimate of drug-likeness (QED) is 0.423. The van der Waals surface area contributed by atoms with Gasteiger partial charge in [-0.2, -0.15) is 0 Å². The highest BCUT2D eigenvalue weighted by Crippen LogP contribution is 2.37. The van der Waals surface area contributed by atoms with Crippen LogP contribution >= 0.6 is 11.6 Å². The molecule has 0 fully saturated rings. The molecule has 0 bridgehead atoms. The van der Waals surface area contributed by atoms with E-state index < -0.39 is 6.09 Å². The first kappa shape index (κ1) is 19.0. The molecule has 4 aromatic rings. The molecule has 2 aromatic carbocycles. The second-order valence-corrected chi connectivity index (χ2v) is 6.94. The predicted octanol–water partition coefficient (Wildman–Crippen LogP) is 6.02. The van der Waals surface area contributed by atoms with Gasteiger partial charge in [-0.25, -0.2) is 14.8 Å². The number of aliphatic imine (C=N–C) groups is 1. The van der Waals surface area contributed by atoms with Gasteiger partial charge in [0.2, 0.25) is 0 Å². The fourth-order valence-corrected chi connectivity index (χ4v) is 3.57. The van der Waals surface area contributed by atoms with Crippen molar-refractivity contribution in [1.29, 1.82) is 0 Å². The van der Waals surface area contributed by atoms with Crippen molar-refractivity contribution in [1.82, 2.24) is 9.38 Å². The van der Waals surface area contributed by atoms with Crippen molar-refractivity contribution >= 4 is 51.8 Å². The highest BCUT2D eigenvalue weighted by Gasteiger charge is 2.18. The lowest BCUT2D eigenvalue weighted by atomic mass is 10.1. The Morgan fingerprint density at radius 1 is 1.28 bits per heavy atom. The van der Waals surface area contributed by atoms with E-state index in [1.165, 1.54) is 7.11 Å². The number of rotatable bonds is 3. The normalized spacial score (nSPS) is 11.4. The number of benzene rings is 2. The number of hydrogen-bond donors (Lipinski definition) is 1. The van der Waals surface area contributed by atoms with Crippen LogP contribution in [0.1, 0.15) is 12.5 Å². The summed E-state index contributed by atoms with van der Waals surface area (Å²) >= 11 is 6.34. The summed E-state index contributed by atoms with van der Waals surface area (Å²) in [6, 6.07) is 13.6. The first-order chi connectivity index (χ1) is 14.0. The summed E-state index contributed by atoms with van der Waals surface area (Å²) in [6.45, 7) is 3.93. The molecule has 0 atom stereocenters. The van der Waals surface area contributed by atoms with Crippen LogP contribution in [0.4, 0.5) is 16.3 Å². The first-order valence-electron chi connectivity index (χ1n) is 9.07. The lowest BCUT2D eigenvalue weighted by Gasteiger charge is -2.09. The van der Waals surface area contributed by atoms with E-state index in [9.17, 15) is 4.79 Å². The number of carbonyl (C=O) groups is 1. The van der Waals surface area contributed by atoms with Gasteiger partial charge in [-0.1, -0.05) is 35.9 Å². The molecule has 7 heteroatoms. The molecule has 0 aliphatic carbocycles. The Balaban J connectivity index is 2.03. The number of nitrogens with one attached hydrogen (secondary N) is 1. The van der Waals surface area contributed by atoms with Crippen LogP contribution in [0.15, 0.2) is 53.7 Å². The number of pyridine rings is 1. The standard InChI is InChI=1S/C22H19ClN4O2/c1-4-24-21-19(15-8-6-5-7-13(15)2)26-20-16-12-18(25-22(28)29-3)17(23)11-14(16)9-10-27(20)21/h4-12H,1-3H3,(H,25,28). The third-order valence-electron chi connectivity index (χ3n) is 4.74. The van der Waals surface area contributed by atoms with E-state index in [2.05, 4.69) is 28.0 Å². The highest BCUT2D eigenvalue weighted by atomic mass is 35.5. The Kier molecular flexibility index (Phi) is 4.94. The maximum Gasteiger partial charge on any atom is 0.411 e. The monoisotopic (exact) mass is 406 g/mol. The number of imidazole rings is 1. The van der Waals surface area contributed by atoms with Gasteiger partial charge in [-0.05, 0) is 43.0 Å². The number of amides is 1. The van der Waals surface area contributed by atoms with Gasteiger partial charge in [0.15, 0.2) is 5.82 Å². The van der Waals surface area contributed by atoms with Crippen molar-refractivity contribution in [2.24, 2.45) is 4.99 Å². The fraction of sp³-hybridized carbons (Fsp3) is 0.136. The smallest absolute Gasteiger partial charge is 0.411 e. The van der Waals surface area contributed by atoms with Crippen LogP contribution in [0.3, 0.4) is 0 Å². The Morgan fingerprint density at radius 2 is 2.07 bits per heavy atom. The number of aryl methyl sites for hydroxylation is 1. The summed E-state index contributed by atoms with van der Waals surface area (Å²) in [7, 11) is 1.31. The summed E-state index contributed by atoms with van der Waals surface area (Å²) in [6.07, 6.45) is 3.10. The molecule has 0 radical (unpaired) electrons. The number of carbonyl (C=O) groups excluding carboxylic acids is 1. The summed E-state index contributed by atoms with van der Waals surface area (Å²) in [5.41, 5.74) is 4.12. The van der Waals surface area contributed by atoms with Gasteiger partial charge < -0.3 is 4.74 Å². The van der Waals surface area contributed by atoms with Gasteiger partial charge in [0.25, 0.3) is 0 Å². The van der Waals surface area contributed by atoms with E-state index in [4.69, 9.17) is 16.6 Å². The molecule has 2 heterocycles. The minimum Gasteiger partial charge on any atom is -0.453 e. The number of anilines is 1. The molecule has 0 aliphatic rings. The van der Waals surface area contributed by atoms with E-state index in [1.54, 1.807) is 18.3 Å². The zero-order chi connectivity index (χ0) is 20.5. The molecule has 0 saturated carbocycles. The fourth-order valence-electron chi connectivity index (χ4n) is 3.35. The van der Waals surface area contributed by atoms with Crippen LogP contribution < -0.4 is 5.32 Å². The molecule has 0 aliphatic heterocycles. The Hall–Kier alpha value is -3.38. The van der Waals surface area contributed by atoms with E-state index in [-0.39, 0.29) is 0 Å². The van der Waals surface area contributed by atoms with Crippen LogP contribution in [0, 0.1) is 6.92 Å². The van der Waals surface area contributed by atoms with E-state index in [1.807, 2.05) is 41.8 Å². The third kappa shape index (κ3) is 3.32. The van der Waals surface area contributed by atoms with Crippen molar-refractivity contribution in [3.8, 4) is 11.3 Å². The summed E-state index contributed by atoms with van der Waals surface area (Å²) < 4.78 is 6.63. The molecular weight excluding hydrogens is 388 g/mol. The van der Waals surface area contributed by atoms with Crippen molar-refractivity contribution in [3.05, 3.63) is 59.2 Å². The van der Waals surface area contributed by atoms with E-state index in [0.717, 1.165) is 39.1 Å². The molecule has 0 spiro atoms. The summed E-state index contributed by atoms with van der Waals surface area (Å²) in [5, 5.41) is 4.82. The van der Waals surface area contributed by atoms with Gasteiger partial charge in [0, 0.05) is 23.4 Å². The summed E-state index contributed by atoms with van der Waals surface area (Å²) in [5.74, 6) is 0.746. The highest BCUT2D eigenvalue weighted by molar-refractivity contribution is 6.34. The van der Waals surface area contributed by atoms with Gasteiger partial charge in [0.05, 0.1) is 17.8 Å². The van der Waals surface area contributed by atoms with Crippen molar-refractivity contribution < 1.29 is 9.53 Å². The molecular formula is C22H19ClN4O2. The molecule has 0 saturated heterocycles. The topological polar surface area (TPSA) is 68.0 Å². The number of ether oxygens (including phenoxy) is 1. The Labute approximate surface area is 172 Å². The van der Waals surface area contributed by atoms with Gasteiger partial charge in [-0.3, -0.25) is 9.72 Å². The van der Waals surface area contributed by atoms with Crippen LogP contribution in [0.5, 0.6) is 0 Å². The lowest BCUT2D eigenvalue weighted by molar-refractivity contribution is 0.187. The van der Waals surface area contributed by atoms with Crippen molar-refractivity contribution in [2.45, 2.75) is 13.8 Å². The molecule has 29 heavy (non-hydrogen) atoms. The number of nitrogens with zero attached hydrogens (tertiary/aromatic N) is 3. The molecule has 2 aromatic heterocycles. The van der Waals surface area contributed by atoms with Crippen LogP contribution in [-0.4, -0.2) is 28.8 Å². The zero-order valence-corrected chi connectivity index (χ0v) is 17.0. The second kappa shape index (κ2) is 7.56. The van der Waals surface area contributed by atoms with Crippen molar-refractivity contribution in [2.75, 3.05) is 12.4 Å². The minimum absolute atomic E-state index is 0.421. The SMILES string of the molecule is CC=Nc1c(-c2ccccc2C)nc2c3cc(NC(=O)OC)c(Cl)cc3ccn12. The van der Waals surface area contributed by atoms with E-state index in [0.29, 0.717) is 10.7 Å². The third-order valence-corrected chi connectivity index (χ3v) is 5.06. The average Bonchev–Trinajstić information content (AvgIpc) is 3.08. The molecule has 6 nitrogen and oxygen atoms in total. The molecule has 1 N–H and O–H groups in total. The summed E-state index contributed by atoms with van der Waals surface area (Å²) in [4.78, 5) is 21.2. The van der Waals surface area contributed by atoms with E-state index >= 15 is 0 Å². The second-order valence-electron chi connectivity index (χ2n) is 6.53. The maximum atomic E-state index is 11.7. The average molecular weight is 407 g/mol. The largest absolute Gasteiger partial charge is 0.453 e. The number of methoxy groups -OCH3 is 1. The molecule has 4 rings (SSSR count). The van der Waals surface area contributed by atoms with Gasteiger partial charge >= 0.3 is 6.09 Å². The van der Waals surface area contributed by atoms with Crippen molar-refractivity contribution in [3.63, 3.8) is 0 Å². The predicted molar refractivity (Wildman–Crippen MR) is 118 cm³/mol. The minimum atomic E-state index is -0.585. The van der Waals surface area contributed by atoms with Gasteiger partial charge in [0.1, 0.15) is 11.3 Å². The number of aromatic nitrogens is 2. The number of halogens is 1.